The third-order valence-corrected chi connectivity index (χ3v) is 2.74. The van der Waals surface area contributed by atoms with E-state index in [2.05, 4.69) is 6.92 Å². The summed E-state index contributed by atoms with van der Waals surface area (Å²) in [4.78, 5) is 10.4. The van der Waals surface area contributed by atoms with Crippen molar-refractivity contribution in [2.75, 3.05) is 0 Å². The summed E-state index contributed by atoms with van der Waals surface area (Å²) in [6, 6.07) is 5.37. The van der Waals surface area contributed by atoms with Crippen LogP contribution >= 0.6 is 0 Å². The third-order valence-electron chi connectivity index (χ3n) is 2.74. The van der Waals surface area contributed by atoms with Crippen molar-refractivity contribution < 1.29 is 4.92 Å². The molecule has 0 radical (unpaired) electrons. The van der Waals surface area contributed by atoms with Gasteiger partial charge in [-0.2, -0.15) is 0 Å². The molecule has 0 spiro atoms. The van der Waals surface area contributed by atoms with Crippen LogP contribution in [0.15, 0.2) is 18.2 Å². The first kappa shape index (κ1) is 8.23. The van der Waals surface area contributed by atoms with Gasteiger partial charge in [0.15, 0.2) is 0 Å². The molecule has 0 saturated heterocycles. The number of nitrogens with zero attached hydrogens (tertiary/aromatic N) is 1. The number of fused-ring (bicyclic) bond motifs is 1. The van der Waals surface area contributed by atoms with Crippen molar-refractivity contribution >= 4 is 5.69 Å². The van der Waals surface area contributed by atoms with Gasteiger partial charge >= 0.3 is 0 Å². The lowest BCUT2D eigenvalue weighted by molar-refractivity contribution is -0.385. The summed E-state index contributed by atoms with van der Waals surface area (Å²) in [5.74, 6) is 0.481. The molecule has 2 rings (SSSR count). The zero-order chi connectivity index (χ0) is 9.42. The summed E-state index contributed by atoms with van der Waals surface area (Å²) in [5, 5.41) is 10.7. The highest BCUT2D eigenvalue weighted by atomic mass is 16.6. The van der Waals surface area contributed by atoms with Crippen molar-refractivity contribution in [3.05, 3.63) is 39.4 Å². The number of hydrogen-bond donors (Lipinski definition) is 0. The van der Waals surface area contributed by atoms with Crippen LogP contribution < -0.4 is 0 Å². The average Bonchev–Trinajstić information content (AvgIpc) is 2.48. The average molecular weight is 177 g/mol. The molecular formula is C10H11NO2. The maximum Gasteiger partial charge on any atom is 0.272 e. The summed E-state index contributed by atoms with van der Waals surface area (Å²) >= 11 is 0. The molecule has 1 atom stereocenters. The minimum Gasteiger partial charge on any atom is -0.258 e. The van der Waals surface area contributed by atoms with Gasteiger partial charge in [-0.25, -0.2) is 0 Å². The maximum absolute atomic E-state index is 10.7. The molecule has 0 N–H and O–H groups in total. The zero-order valence-electron chi connectivity index (χ0n) is 7.49. The molecule has 1 unspecified atom stereocenters. The first-order valence-electron chi connectivity index (χ1n) is 4.46. The first-order valence-corrected chi connectivity index (χ1v) is 4.46. The van der Waals surface area contributed by atoms with Gasteiger partial charge in [0, 0.05) is 11.6 Å². The lowest BCUT2D eigenvalue weighted by Crippen LogP contribution is -1.94. The number of nitro groups is 1. The van der Waals surface area contributed by atoms with E-state index in [1.54, 1.807) is 12.1 Å². The van der Waals surface area contributed by atoms with E-state index in [1.165, 1.54) is 0 Å². The van der Waals surface area contributed by atoms with Gasteiger partial charge in [0.2, 0.25) is 0 Å². The number of nitro benzene ring substituents is 1. The standard InChI is InChI=1S/C10H11NO2/c1-7-5-6-9-8(7)3-2-4-10(9)11(12)13/h2-4,7H,5-6H2,1H3. The summed E-state index contributed by atoms with van der Waals surface area (Å²) < 4.78 is 0. The highest BCUT2D eigenvalue weighted by molar-refractivity contribution is 5.49. The van der Waals surface area contributed by atoms with E-state index in [-0.39, 0.29) is 4.92 Å². The van der Waals surface area contributed by atoms with E-state index in [0.717, 1.165) is 24.0 Å². The fourth-order valence-electron chi connectivity index (χ4n) is 2.01. The van der Waals surface area contributed by atoms with Gasteiger partial charge in [-0.1, -0.05) is 19.1 Å². The Hall–Kier alpha value is -1.38. The predicted octanol–water partition coefficient (Wildman–Crippen LogP) is 2.64. The molecule has 1 aliphatic carbocycles. The quantitative estimate of drug-likeness (QED) is 0.489. The summed E-state index contributed by atoms with van der Waals surface area (Å²) in [6.45, 7) is 2.12. The lowest BCUT2D eigenvalue weighted by Gasteiger charge is -2.03. The molecule has 0 fully saturated rings. The van der Waals surface area contributed by atoms with Crippen LogP contribution in [-0.4, -0.2) is 4.92 Å². The van der Waals surface area contributed by atoms with Gasteiger partial charge in [-0.3, -0.25) is 10.1 Å². The molecule has 0 aromatic heterocycles. The molecule has 1 aliphatic rings. The Bertz CT molecular complexity index is 360. The summed E-state index contributed by atoms with van der Waals surface area (Å²) in [7, 11) is 0. The van der Waals surface area contributed by atoms with Crippen LogP contribution in [0.4, 0.5) is 5.69 Å². The predicted molar refractivity (Wildman–Crippen MR) is 49.8 cm³/mol. The van der Waals surface area contributed by atoms with Crippen LogP contribution in [0.3, 0.4) is 0 Å². The molecule has 3 nitrogen and oxygen atoms in total. The van der Waals surface area contributed by atoms with Crippen LogP contribution in [0, 0.1) is 10.1 Å². The van der Waals surface area contributed by atoms with Crippen LogP contribution in [0.25, 0.3) is 0 Å². The molecule has 1 aromatic rings. The van der Waals surface area contributed by atoms with Crippen LogP contribution in [0.1, 0.15) is 30.4 Å². The Kier molecular flexibility index (Phi) is 1.79. The van der Waals surface area contributed by atoms with E-state index >= 15 is 0 Å². The molecule has 0 amide bonds. The van der Waals surface area contributed by atoms with E-state index in [1.807, 2.05) is 6.07 Å². The zero-order valence-corrected chi connectivity index (χ0v) is 7.49. The molecule has 0 aliphatic heterocycles. The van der Waals surface area contributed by atoms with Crippen molar-refractivity contribution in [1.82, 2.24) is 0 Å². The SMILES string of the molecule is CC1CCc2c1cccc2[N+](=O)[O-]. The Morgan fingerprint density at radius 3 is 3.00 bits per heavy atom. The highest BCUT2D eigenvalue weighted by Crippen LogP contribution is 2.37. The monoisotopic (exact) mass is 177 g/mol. The topological polar surface area (TPSA) is 43.1 Å². The van der Waals surface area contributed by atoms with Gasteiger partial charge in [0.05, 0.1) is 4.92 Å². The lowest BCUT2D eigenvalue weighted by atomic mass is 10.0. The van der Waals surface area contributed by atoms with Crippen LogP contribution in [-0.2, 0) is 6.42 Å². The van der Waals surface area contributed by atoms with Gasteiger partial charge in [-0.05, 0) is 24.3 Å². The number of hydrogen-bond acceptors (Lipinski definition) is 2. The molecule has 13 heavy (non-hydrogen) atoms. The minimum atomic E-state index is -0.281. The van der Waals surface area contributed by atoms with Gasteiger partial charge in [0.25, 0.3) is 5.69 Å². The van der Waals surface area contributed by atoms with Crippen molar-refractivity contribution in [2.24, 2.45) is 0 Å². The fraction of sp³-hybridized carbons (Fsp3) is 0.400. The van der Waals surface area contributed by atoms with Crippen LogP contribution in [0.2, 0.25) is 0 Å². The Balaban J connectivity index is 2.57. The van der Waals surface area contributed by atoms with Crippen molar-refractivity contribution in [1.29, 1.82) is 0 Å². The minimum absolute atomic E-state index is 0.281. The second kappa shape index (κ2) is 2.83. The molecule has 68 valence electrons. The smallest absolute Gasteiger partial charge is 0.258 e. The number of benzene rings is 1. The molecule has 3 heteroatoms. The highest BCUT2D eigenvalue weighted by Gasteiger charge is 2.25. The number of rotatable bonds is 1. The fourth-order valence-corrected chi connectivity index (χ4v) is 2.01. The van der Waals surface area contributed by atoms with Gasteiger partial charge in [-0.15, -0.1) is 0 Å². The third kappa shape index (κ3) is 1.20. The molecule has 0 saturated carbocycles. The van der Waals surface area contributed by atoms with Gasteiger partial charge < -0.3 is 0 Å². The Labute approximate surface area is 76.5 Å². The molecule has 0 bridgehead atoms. The van der Waals surface area contributed by atoms with Crippen molar-refractivity contribution in [3.8, 4) is 0 Å². The second-order valence-corrected chi connectivity index (χ2v) is 3.54. The van der Waals surface area contributed by atoms with E-state index in [4.69, 9.17) is 0 Å². The Morgan fingerprint density at radius 1 is 1.54 bits per heavy atom. The molecule has 0 heterocycles. The van der Waals surface area contributed by atoms with E-state index in [9.17, 15) is 10.1 Å². The van der Waals surface area contributed by atoms with Crippen molar-refractivity contribution in [3.63, 3.8) is 0 Å². The molecular weight excluding hydrogens is 166 g/mol. The molecule has 1 aromatic carbocycles. The Morgan fingerprint density at radius 2 is 2.31 bits per heavy atom. The summed E-state index contributed by atoms with van der Waals surface area (Å²) in [6.07, 6.45) is 1.90. The normalized spacial score (nSPS) is 19.9. The second-order valence-electron chi connectivity index (χ2n) is 3.54. The largest absolute Gasteiger partial charge is 0.272 e. The van der Waals surface area contributed by atoms with Gasteiger partial charge in [0.1, 0.15) is 0 Å². The summed E-state index contributed by atoms with van der Waals surface area (Å²) in [5.41, 5.74) is 2.40. The first-order chi connectivity index (χ1) is 6.20. The maximum atomic E-state index is 10.7. The van der Waals surface area contributed by atoms with Crippen molar-refractivity contribution in [2.45, 2.75) is 25.7 Å². The van der Waals surface area contributed by atoms with E-state index in [0.29, 0.717) is 11.6 Å². The van der Waals surface area contributed by atoms with E-state index < -0.39 is 0 Å². The van der Waals surface area contributed by atoms with Crippen LogP contribution in [0.5, 0.6) is 0 Å².